The van der Waals surface area contributed by atoms with Gasteiger partial charge in [-0.25, -0.2) is 9.37 Å². The number of halogens is 2. The van der Waals surface area contributed by atoms with E-state index in [4.69, 9.17) is 16.9 Å². The zero-order chi connectivity index (χ0) is 21.8. The summed E-state index contributed by atoms with van der Waals surface area (Å²) in [5.74, 6) is 0.112. The molecule has 31 heavy (non-hydrogen) atoms. The van der Waals surface area contributed by atoms with Crippen LogP contribution in [-0.4, -0.2) is 48.0 Å². The Balaban J connectivity index is 1.43. The van der Waals surface area contributed by atoms with E-state index in [0.717, 1.165) is 51.7 Å². The molecule has 2 fully saturated rings. The summed E-state index contributed by atoms with van der Waals surface area (Å²) in [6, 6.07) is 8.23. The average Bonchev–Trinajstić information content (AvgIpc) is 2.80. The van der Waals surface area contributed by atoms with Crippen molar-refractivity contribution in [3.8, 4) is 6.07 Å². The van der Waals surface area contributed by atoms with Gasteiger partial charge in [-0.05, 0) is 56.4 Å². The smallest absolute Gasteiger partial charge is 0.255 e. The summed E-state index contributed by atoms with van der Waals surface area (Å²) in [5, 5.41) is 12.7. The maximum absolute atomic E-state index is 14.4. The molecule has 0 spiro atoms. The van der Waals surface area contributed by atoms with Crippen LogP contribution in [0.25, 0.3) is 0 Å². The topological polar surface area (TPSA) is 72.3 Å². The van der Waals surface area contributed by atoms with Crippen molar-refractivity contribution < 1.29 is 9.18 Å². The summed E-state index contributed by atoms with van der Waals surface area (Å²) >= 11 is 6.44. The second-order valence-corrected chi connectivity index (χ2v) is 8.52. The second kappa shape index (κ2) is 9.52. The van der Waals surface area contributed by atoms with Crippen LogP contribution in [0, 0.1) is 17.1 Å². The Hall–Kier alpha value is -2.85. The molecule has 2 saturated heterocycles. The first-order valence-corrected chi connectivity index (χ1v) is 11.1. The lowest BCUT2D eigenvalue weighted by atomic mass is 10.0. The van der Waals surface area contributed by atoms with Crippen LogP contribution in [0.5, 0.6) is 0 Å². The van der Waals surface area contributed by atoms with Gasteiger partial charge in [0.25, 0.3) is 5.91 Å². The molecule has 162 valence electrons. The highest BCUT2D eigenvalue weighted by atomic mass is 35.5. The number of piperidine rings is 2. The SMILES string of the molecule is N#Cc1ccc(N2CCCC(Nc3ncc(C(=O)N4CCCCC4)cc3Cl)C2)c(F)c1. The number of hydrogen-bond acceptors (Lipinski definition) is 5. The molecule has 6 nitrogen and oxygen atoms in total. The molecule has 1 aromatic heterocycles. The van der Waals surface area contributed by atoms with Gasteiger partial charge in [0.15, 0.2) is 0 Å². The molecule has 1 unspecified atom stereocenters. The van der Waals surface area contributed by atoms with Crippen molar-refractivity contribution in [3.05, 3.63) is 52.4 Å². The fourth-order valence-corrected chi connectivity index (χ4v) is 4.50. The molecule has 1 aromatic carbocycles. The zero-order valence-corrected chi connectivity index (χ0v) is 18.0. The van der Waals surface area contributed by atoms with E-state index in [0.29, 0.717) is 34.2 Å². The van der Waals surface area contributed by atoms with E-state index < -0.39 is 5.82 Å². The normalized spacial score (nSPS) is 19.1. The second-order valence-electron chi connectivity index (χ2n) is 8.11. The standard InChI is InChI=1S/C23H25ClFN5O/c24-19-12-17(23(31)29-8-2-1-3-9-29)14-27-22(19)28-18-5-4-10-30(15-18)21-7-6-16(13-26)11-20(21)25/h6-7,11-12,14,18H,1-5,8-10,15H2,(H,27,28). The lowest BCUT2D eigenvalue weighted by Gasteiger charge is -2.35. The number of nitrogens with zero attached hydrogens (tertiary/aromatic N) is 4. The summed E-state index contributed by atoms with van der Waals surface area (Å²) in [6.45, 7) is 2.89. The Labute approximate surface area is 186 Å². The Morgan fingerprint density at radius 1 is 1.19 bits per heavy atom. The molecule has 0 aliphatic carbocycles. The van der Waals surface area contributed by atoms with Crippen LogP contribution in [0.15, 0.2) is 30.5 Å². The number of nitrogens with one attached hydrogen (secondary N) is 1. The molecule has 1 amide bonds. The van der Waals surface area contributed by atoms with Crippen LogP contribution in [0.1, 0.15) is 48.0 Å². The van der Waals surface area contributed by atoms with Gasteiger partial charge in [0.2, 0.25) is 0 Å². The Kier molecular flexibility index (Phi) is 6.57. The van der Waals surface area contributed by atoms with Crippen molar-refractivity contribution >= 4 is 29.0 Å². The van der Waals surface area contributed by atoms with E-state index >= 15 is 0 Å². The summed E-state index contributed by atoms with van der Waals surface area (Å²) in [6.07, 6.45) is 6.60. The molecule has 8 heteroatoms. The van der Waals surface area contributed by atoms with Crippen molar-refractivity contribution in [2.24, 2.45) is 0 Å². The van der Waals surface area contributed by atoms with E-state index in [2.05, 4.69) is 10.3 Å². The van der Waals surface area contributed by atoms with E-state index in [9.17, 15) is 9.18 Å². The van der Waals surface area contributed by atoms with Gasteiger partial charge < -0.3 is 15.1 Å². The number of amides is 1. The maximum atomic E-state index is 14.4. The van der Waals surface area contributed by atoms with Crippen molar-refractivity contribution in [1.82, 2.24) is 9.88 Å². The number of carbonyl (C=O) groups excluding carboxylic acids is 1. The van der Waals surface area contributed by atoms with Crippen molar-refractivity contribution in [1.29, 1.82) is 5.26 Å². The molecule has 0 radical (unpaired) electrons. The minimum Gasteiger partial charge on any atom is -0.367 e. The summed E-state index contributed by atoms with van der Waals surface area (Å²) in [4.78, 5) is 20.9. The van der Waals surface area contributed by atoms with E-state index in [1.165, 1.54) is 6.07 Å². The summed E-state index contributed by atoms with van der Waals surface area (Å²) in [7, 11) is 0. The monoisotopic (exact) mass is 441 g/mol. The number of benzene rings is 1. The van der Waals surface area contributed by atoms with Crippen LogP contribution in [-0.2, 0) is 0 Å². The van der Waals surface area contributed by atoms with Gasteiger partial charge in [-0.3, -0.25) is 4.79 Å². The summed E-state index contributed by atoms with van der Waals surface area (Å²) in [5.41, 5.74) is 1.30. The number of hydrogen-bond donors (Lipinski definition) is 1. The summed E-state index contributed by atoms with van der Waals surface area (Å²) < 4.78 is 14.4. The first-order chi connectivity index (χ1) is 15.0. The first-order valence-electron chi connectivity index (χ1n) is 10.7. The molecule has 4 rings (SSSR count). The molecule has 3 heterocycles. The fraction of sp³-hybridized carbons (Fsp3) is 0.435. The highest BCUT2D eigenvalue weighted by Crippen LogP contribution is 2.27. The molecule has 1 atom stereocenters. The van der Waals surface area contributed by atoms with Gasteiger partial charge in [-0.15, -0.1) is 0 Å². The number of likely N-dealkylation sites (tertiary alicyclic amines) is 1. The zero-order valence-electron chi connectivity index (χ0n) is 17.3. The molecule has 1 N–H and O–H groups in total. The Morgan fingerprint density at radius 3 is 2.71 bits per heavy atom. The molecule has 0 bridgehead atoms. The van der Waals surface area contributed by atoms with Crippen molar-refractivity contribution in [2.75, 3.05) is 36.4 Å². The van der Waals surface area contributed by atoms with Crippen LogP contribution in [0.4, 0.5) is 15.9 Å². The largest absolute Gasteiger partial charge is 0.367 e. The minimum absolute atomic E-state index is 0.0271. The van der Waals surface area contributed by atoms with E-state index in [-0.39, 0.29) is 11.9 Å². The molecular weight excluding hydrogens is 417 g/mol. The van der Waals surface area contributed by atoms with Gasteiger partial charge in [0, 0.05) is 38.4 Å². The number of pyridine rings is 1. The van der Waals surface area contributed by atoms with Crippen LogP contribution in [0.2, 0.25) is 5.02 Å². The predicted octanol–water partition coefficient (Wildman–Crippen LogP) is 4.45. The Bertz CT molecular complexity index is 1000. The van der Waals surface area contributed by atoms with Gasteiger partial charge in [-0.2, -0.15) is 5.26 Å². The molecule has 2 aliphatic heterocycles. The highest BCUT2D eigenvalue weighted by Gasteiger charge is 2.24. The number of carbonyl (C=O) groups is 1. The number of aromatic nitrogens is 1. The average molecular weight is 442 g/mol. The van der Waals surface area contributed by atoms with Crippen LogP contribution < -0.4 is 10.2 Å². The van der Waals surface area contributed by atoms with Crippen LogP contribution in [0.3, 0.4) is 0 Å². The van der Waals surface area contributed by atoms with Gasteiger partial charge in [0.05, 0.1) is 27.9 Å². The number of nitriles is 1. The van der Waals surface area contributed by atoms with Crippen molar-refractivity contribution in [2.45, 2.75) is 38.1 Å². The quantitative estimate of drug-likeness (QED) is 0.758. The molecule has 2 aliphatic rings. The molecular formula is C23H25ClFN5O. The third-order valence-corrected chi connectivity index (χ3v) is 6.20. The van der Waals surface area contributed by atoms with Crippen LogP contribution >= 0.6 is 11.6 Å². The predicted molar refractivity (Wildman–Crippen MR) is 119 cm³/mol. The van der Waals surface area contributed by atoms with Gasteiger partial charge >= 0.3 is 0 Å². The lowest BCUT2D eigenvalue weighted by Crippen LogP contribution is -2.42. The molecule has 0 saturated carbocycles. The third-order valence-electron chi connectivity index (χ3n) is 5.91. The first kappa shape index (κ1) is 21.4. The van der Waals surface area contributed by atoms with Gasteiger partial charge in [0.1, 0.15) is 11.6 Å². The third kappa shape index (κ3) is 4.91. The minimum atomic E-state index is -0.392. The number of rotatable bonds is 4. The lowest BCUT2D eigenvalue weighted by molar-refractivity contribution is 0.0724. The maximum Gasteiger partial charge on any atom is 0.255 e. The number of anilines is 2. The van der Waals surface area contributed by atoms with E-state index in [1.807, 2.05) is 15.9 Å². The van der Waals surface area contributed by atoms with E-state index in [1.54, 1.807) is 24.4 Å². The fourth-order valence-electron chi connectivity index (χ4n) is 4.28. The highest BCUT2D eigenvalue weighted by molar-refractivity contribution is 6.33. The van der Waals surface area contributed by atoms with Gasteiger partial charge in [-0.1, -0.05) is 11.6 Å². The van der Waals surface area contributed by atoms with Crippen molar-refractivity contribution in [3.63, 3.8) is 0 Å². The molecule has 2 aromatic rings. The Morgan fingerprint density at radius 2 is 2.00 bits per heavy atom.